The molecule has 1 saturated heterocycles. The lowest BCUT2D eigenvalue weighted by atomic mass is 9.99. The van der Waals surface area contributed by atoms with E-state index < -0.39 is 0 Å². The molecule has 2 aromatic rings. The van der Waals surface area contributed by atoms with E-state index in [-0.39, 0.29) is 0 Å². The predicted molar refractivity (Wildman–Crippen MR) is 72.7 cm³/mol. The zero-order chi connectivity index (χ0) is 11.8. The third kappa shape index (κ3) is 2.09. The third-order valence-electron chi connectivity index (χ3n) is 3.25. The van der Waals surface area contributed by atoms with Crippen LogP contribution in [0.2, 0.25) is 5.02 Å². The molecular weight excluding hydrogens is 302 g/mol. The summed E-state index contributed by atoms with van der Waals surface area (Å²) in [5, 5.41) is 4.17. The molecule has 17 heavy (non-hydrogen) atoms. The van der Waals surface area contributed by atoms with Gasteiger partial charge in [-0.25, -0.2) is 4.98 Å². The Morgan fingerprint density at radius 2 is 2.41 bits per heavy atom. The normalized spacial score (nSPS) is 20.9. The number of nitrogens with zero attached hydrogens (tertiary/aromatic N) is 2. The maximum absolute atomic E-state index is 6.01. The maximum Gasteiger partial charge on any atom is 0.132 e. The van der Waals surface area contributed by atoms with E-state index in [9.17, 15) is 0 Å². The maximum atomic E-state index is 6.01. The van der Waals surface area contributed by atoms with Gasteiger partial charge in [0, 0.05) is 23.7 Å². The van der Waals surface area contributed by atoms with Gasteiger partial charge in [0.1, 0.15) is 10.4 Å². The molecular formula is C12H13BrClN3. The lowest BCUT2D eigenvalue weighted by Gasteiger charge is -2.21. The van der Waals surface area contributed by atoms with Crippen LogP contribution >= 0.6 is 27.5 Å². The summed E-state index contributed by atoms with van der Waals surface area (Å²) >= 11 is 9.52. The predicted octanol–water partition coefficient (Wildman–Crippen LogP) is 3.22. The van der Waals surface area contributed by atoms with E-state index in [0.717, 1.165) is 34.1 Å². The molecule has 1 aliphatic rings. The molecule has 5 heteroatoms. The van der Waals surface area contributed by atoms with Gasteiger partial charge in [-0.3, -0.25) is 0 Å². The second kappa shape index (κ2) is 4.59. The highest BCUT2D eigenvalue weighted by Crippen LogP contribution is 2.28. The summed E-state index contributed by atoms with van der Waals surface area (Å²) in [6.45, 7) is 2.13. The highest BCUT2D eigenvalue weighted by atomic mass is 79.9. The van der Waals surface area contributed by atoms with Gasteiger partial charge in [0.25, 0.3) is 0 Å². The van der Waals surface area contributed by atoms with E-state index in [1.54, 1.807) is 0 Å². The smallest absolute Gasteiger partial charge is 0.132 e. The minimum absolute atomic E-state index is 0.490. The van der Waals surface area contributed by atoms with Gasteiger partial charge in [-0.1, -0.05) is 11.6 Å². The number of halogens is 2. The highest BCUT2D eigenvalue weighted by molar-refractivity contribution is 9.10. The number of hydrogen-bond acceptors (Lipinski definition) is 2. The summed E-state index contributed by atoms with van der Waals surface area (Å²) < 4.78 is 3.01. The first kappa shape index (κ1) is 11.5. The fourth-order valence-electron chi connectivity index (χ4n) is 2.40. The minimum atomic E-state index is 0.490. The van der Waals surface area contributed by atoms with Crippen molar-refractivity contribution in [3.63, 3.8) is 0 Å². The zero-order valence-electron chi connectivity index (χ0n) is 9.29. The molecule has 2 aromatic heterocycles. The van der Waals surface area contributed by atoms with Crippen LogP contribution in [0.5, 0.6) is 0 Å². The Bertz CT molecular complexity index is 546. The van der Waals surface area contributed by atoms with Gasteiger partial charge in [-0.15, -0.1) is 0 Å². The Balaban J connectivity index is 2.10. The minimum Gasteiger partial charge on any atom is -0.316 e. The van der Waals surface area contributed by atoms with Gasteiger partial charge in [-0.2, -0.15) is 0 Å². The number of hydrogen-bond donors (Lipinski definition) is 1. The van der Waals surface area contributed by atoms with Crippen molar-refractivity contribution in [3.05, 3.63) is 33.8 Å². The number of nitrogens with one attached hydrogen (secondary N) is 1. The van der Waals surface area contributed by atoms with E-state index in [4.69, 9.17) is 11.6 Å². The van der Waals surface area contributed by atoms with E-state index in [1.807, 2.05) is 18.3 Å². The van der Waals surface area contributed by atoms with Gasteiger partial charge in [0.15, 0.2) is 0 Å². The van der Waals surface area contributed by atoms with Crippen LogP contribution in [-0.4, -0.2) is 22.5 Å². The molecule has 1 unspecified atom stereocenters. The van der Waals surface area contributed by atoms with Crippen LogP contribution in [0.15, 0.2) is 22.9 Å². The number of imidazole rings is 1. The summed E-state index contributed by atoms with van der Waals surface area (Å²) in [5.74, 6) is 1.61. The van der Waals surface area contributed by atoms with Crippen LogP contribution in [0.3, 0.4) is 0 Å². The lowest BCUT2D eigenvalue weighted by molar-refractivity contribution is 0.445. The van der Waals surface area contributed by atoms with Crippen molar-refractivity contribution in [2.45, 2.75) is 18.8 Å². The fraction of sp³-hybridized carbons (Fsp3) is 0.417. The fourth-order valence-corrected chi connectivity index (χ4v) is 3.05. The summed E-state index contributed by atoms with van der Waals surface area (Å²) in [5.41, 5.74) is 1.04. The molecule has 1 atom stereocenters. The molecule has 1 fully saturated rings. The van der Waals surface area contributed by atoms with Crippen LogP contribution in [0, 0.1) is 0 Å². The highest BCUT2D eigenvalue weighted by Gasteiger charge is 2.21. The molecule has 0 spiro atoms. The molecule has 1 aliphatic heterocycles. The molecule has 0 radical (unpaired) electrons. The van der Waals surface area contributed by atoms with Crippen LogP contribution in [0.1, 0.15) is 24.6 Å². The Kier molecular flexibility index (Phi) is 3.11. The molecule has 0 bridgehead atoms. The monoisotopic (exact) mass is 313 g/mol. The molecule has 0 saturated carbocycles. The standard InChI is InChI=1S/C12H13BrClN3/c13-11-10-6-9(14)3-5-17(10)12(16-11)8-2-1-4-15-7-8/h3,5-6,8,15H,1-2,4,7H2. The van der Waals surface area contributed by atoms with Crippen molar-refractivity contribution < 1.29 is 0 Å². The number of rotatable bonds is 1. The van der Waals surface area contributed by atoms with Crippen LogP contribution < -0.4 is 5.32 Å². The van der Waals surface area contributed by atoms with Crippen molar-refractivity contribution in [1.82, 2.24) is 14.7 Å². The molecule has 3 rings (SSSR count). The number of fused-ring (bicyclic) bond motifs is 1. The third-order valence-corrected chi connectivity index (χ3v) is 4.07. The molecule has 3 heterocycles. The van der Waals surface area contributed by atoms with Crippen LogP contribution in [0.25, 0.3) is 5.52 Å². The topological polar surface area (TPSA) is 29.3 Å². The quantitative estimate of drug-likeness (QED) is 0.876. The van der Waals surface area contributed by atoms with Gasteiger partial charge in [0.05, 0.1) is 5.52 Å². The molecule has 0 aromatic carbocycles. The van der Waals surface area contributed by atoms with E-state index >= 15 is 0 Å². The van der Waals surface area contributed by atoms with Crippen LogP contribution in [-0.2, 0) is 0 Å². The van der Waals surface area contributed by atoms with Crippen molar-refractivity contribution in [1.29, 1.82) is 0 Å². The van der Waals surface area contributed by atoms with Crippen molar-refractivity contribution in [2.75, 3.05) is 13.1 Å². The average Bonchev–Trinajstić information content (AvgIpc) is 2.68. The van der Waals surface area contributed by atoms with E-state index in [1.165, 1.54) is 12.8 Å². The molecule has 3 nitrogen and oxygen atoms in total. The second-order valence-electron chi connectivity index (χ2n) is 4.40. The Morgan fingerprint density at radius 1 is 1.53 bits per heavy atom. The van der Waals surface area contributed by atoms with Crippen molar-refractivity contribution in [2.24, 2.45) is 0 Å². The summed E-state index contributed by atoms with van der Waals surface area (Å²) in [4.78, 5) is 4.64. The zero-order valence-corrected chi connectivity index (χ0v) is 11.6. The van der Waals surface area contributed by atoms with E-state index in [0.29, 0.717) is 5.92 Å². The van der Waals surface area contributed by atoms with Gasteiger partial charge in [0.2, 0.25) is 0 Å². The van der Waals surface area contributed by atoms with E-state index in [2.05, 4.69) is 30.6 Å². The van der Waals surface area contributed by atoms with Gasteiger partial charge in [-0.05, 0) is 47.4 Å². The van der Waals surface area contributed by atoms with Crippen molar-refractivity contribution in [3.8, 4) is 0 Å². The summed E-state index contributed by atoms with van der Waals surface area (Å²) in [6, 6.07) is 3.85. The Hall–Kier alpha value is -0.580. The average molecular weight is 315 g/mol. The SMILES string of the molecule is Clc1ccn2c(C3CCCNC3)nc(Br)c2c1. The summed E-state index contributed by atoms with van der Waals surface area (Å²) in [7, 11) is 0. The Labute approximate surface area is 113 Å². The first-order valence-electron chi connectivity index (χ1n) is 5.79. The number of aromatic nitrogens is 2. The van der Waals surface area contributed by atoms with Crippen molar-refractivity contribution >= 4 is 33.0 Å². The molecule has 0 amide bonds. The second-order valence-corrected chi connectivity index (χ2v) is 5.59. The molecule has 0 aliphatic carbocycles. The van der Waals surface area contributed by atoms with Gasteiger partial charge >= 0.3 is 0 Å². The lowest BCUT2D eigenvalue weighted by Crippen LogP contribution is -2.29. The summed E-state index contributed by atoms with van der Waals surface area (Å²) in [6.07, 6.45) is 4.41. The van der Waals surface area contributed by atoms with Gasteiger partial charge < -0.3 is 9.72 Å². The largest absolute Gasteiger partial charge is 0.316 e. The Morgan fingerprint density at radius 3 is 3.18 bits per heavy atom. The first-order chi connectivity index (χ1) is 8.25. The number of piperidine rings is 1. The number of pyridine rings is 1. The van der Waals surface area contributed by atoms with Crippen LogP contribution in [0.4, 0.5) is 0 Å². The molecule has 90 valence electrons. The first-order valence-corrected chi connectivity index (χ1v) is 6.96. The molecule has 1 N–H and O–H groups in total.